The van der Waals surface area contributed by atoms with Crippen molar-refractivity contribution in [1.29, 1.82) is 0 Å². The molecule has 0 aromatic heterocycles. The molecular weight excluding hydrogens is 172 g/mol. The molecule has 0 bridgehead atoms. The van der Waals surface area contributed by atoms with E-state index in [9.17, 15) is 0 Å². The lowest BCUT2D eigenvalue weighted by Gasteiger charge is -2.38. The van der Waals surface area contributed by atoms with Crippen molar-refractivity contribution in [3.8, 4) is 0 Å². The van der Waals surface area contributed by atoms with Crippen LogP contribution in [0.4, 0.5) is 0 Å². The summed E-state index contributed by atoms with van der Waals surface area (Å²) >= 11 is 0. The molecule has 0 aromatic carbocycles. The summed E-state index contributed by atoms with van der Waals surface area (Å²) in [5, 5.41) is 3.67. The van der Waals surface area contributed by atoms with Crippen LogP contribution in [0.25, 0.3) is 0 Å². The van der Waals surface area contributed by atoms with Crippen LogP contribution < -0.4 is 5.32 Å². The van der Waals surface area contributed by atoms with E-state index in [1.807, 2.05) is 0 Å². The van der Waals surface area contributed by atoms with Crippen LogP contribution in [0.3, 0.4) is 0 Å². The SMILES string of the molecule is CC(C)C1CN(C2CCC2)CCCN1. The van der Waals surface area contributed by atoms with E-state index < -0.39 is 0 Å². The van der Waals surface area contributed by atoms with Crippen LogP contribution in [0, 0.1) is 5.92 Å². The molecule has 2 heteroatoms. The predicted molar refractivity (Wildman–Crippen MR) is 60.5 cm³/mol. The Labute approximate surface area is 88.1 Å². The van der Waals surface area contributed by atoms with Gasteiger partial charge in [0.1, 0.15) is 0 Å². The molecule has 2 nitrogen and oxygen atoms in total. The zero-order valence-corrected chi connectivity index (χ0v) is 9.63. The minimum atomic E-state index is 0.720. The van der Waals surface area contributed by atoms with Crippen molar-refractivity contribution in [2.24, 2.45) is 5.92 Å². The minimum absolute atomic E-state index is 0.720. The summed E-state index contributed by atoms with van der Waals surface area (Å²) in [4.78, 5) is 2.73. The van der Waals surface area contributed by atoms with Crippen molar-refractivity contribution in [3.05, 3.63) is 0 Å². The molecule has 2 aliphatic rings. The second-order valence-electron chi connectivity index (χ2n) is 5.24. The second kappa shape index (κ2) is 4.63. The molecule has 82 valence electrons. The van der Waals surface area contributed by atoms with E-state index in [4.69, 9.17) is 0 Å². The molecule has 0 aromatic rings. The van der Waals surface area contributed by atoms with E-state index in [1.165, 1.54) is 45.3 Å². The van der Waals surface area contributed by atoms with Crippen LogP contribution in [0.15, 0.2) is 0 Å². The van der Waals surface area contributed by atoms with Gasteiger partial charge in [0.2, 0.25) is 0 Å². The van der Waals surface area contributed by atoms with Gasteiger partial charge in [0.05, 0.1) is 0 Å². The maximum Gasteiger partial charge on any atom is 0.0218 e. The Morgan fingerprint density at radius 1 is 1.21 bits per heavy atom. The average Bonchev–Trinajstić information content (AvgIpc) is 2.26. The standard InChI is InChI=1S/C12H24N2/c1-10(2)12-9-14(8-4-7-13-12)11-5-3-6-11/h10-13H,3-9H2,1-2H3. The van der Waals surface area contributed by atoms with Gasteiger partial charge in [-0.25, -0.2) is 0 Å². The van der Waals surface area contributed by atoms with Gasteiger partial charge in [-0.3, -0.25) is 4.90 Å². The summed E-state index contributed by atoms with van der Waals surface area (Å²) in [5.74, 6) is 0.774. The van der Waals surface area contributed by atoms with Crippen molar-refractivity contribution in [2.45, 2.75) is 51.6 Å². The Balaban J connectivity index is 1.89. The maximum absolute atomic E-state index is 3.67. The third-order valence-corrected chi connectivity index (χ3v) is 3.86. The number of nitrogens with zero attached hydrogens (tertiary/aromatic N) is 1. The minimum Gasteiger partial charge on any atom is -0.312 e. The summed E-state index contributed by atoms with van der Waals surface area (Å²) in [7, 11) is 0. The molecule has 1 aliphatic carbocycles. The third kappa shape index (κ3) is 2.29. The van der Waals surface area contributed by atoms with Crippen LogP contribution >= 0.6 is 0 Å². The van der Waals surface area contributed by atoms with Crippen molar-refractivity contribution in [3.63, 3.8) is 0 Å². The molecular formula is C12H24N2. The smallest absolute Gasteiger partial charge is 0.0218 e. The largest absolute Gasteiger partial charge is 0.312 e. The Morgan fingerprint density at radius 3 is 2.57 bits per heavy atom. The molecule has 0 spiro atoms. The van der Waals surface area contributed by atoms with E-state index >= 15 is 0 Å². The first kappa shape index (κ1) is 10.4. The van der Waals surface area contributed by atoms with E-state index in [2.05, 4.69) is 24.1 Å². The van der Waals surface area contributed by atoms with Crippen LogP contribution in [-0.2, 0) is 0 Å². The highest BCUT2D eigenvalue weighted by Gasteiger charge is 2.28. The molecule has 2 fully saturated rings. The molecule has 0 amide bonds. The first-order valence-corrected chi connectivity index (χ1v) is 6.25. The fraction of sp³-hybridized carbons (Fsp3) is 1.00. The Kier molecular flexibility index (Phi) is 3.45. The van der Waals surface area contributed by atoms with E-state index in [1.54, 1.807) is 0 Å². The molecule has 0 radical (unpaired) electrons. The lowest BCUT2D eigenvalue weighted by molar-refractivity contribution is 0.118. The average molecular weight is 196 g/mol. The van der Waals surface area contributed by atoms with Gasteiger partial charge in [-0.05, 0) is 38.3 Å². The summed E-state index contributed by atoms with van der Waals surface area (Å²) in [6.45, 7) is 8.49. The maximum atomic E-state index is 3.67. The molecule has 1 saturated carbocycles. The highest BCUT2D eigenvalue weighted by molar-refractivity contribution is 4.86. The predicted octanol–water partition coefficient (Wildman–Crippen LogP) is 1.86. The second-order valence-corrected chi connectivity index (χ2v) is 5.24. The van der Waals surface area contributed by atoms with Gasteiger partial charge in [0.15, 0.2) is 0 Å². The van der Waals surface area contributed by atoms with E-state index in [-0.39, 0.29) is 0 Å². The Morgan fingerprint density at radius 2 is 2.00 bits per heavy atom. The number of nitrogens with one attached hydrogen (secondary N) is 1. The van der Waals surface area contributed by atoms with E-state index in [0.717, 1.165) is 18.0 Å². The van der Waals surface area contributed by atoms with Crippen molar-refractivity contribution >= 4 is 0 Å². The van der Waals surface area contributed by atoms with Crippen molar-refractivity contribution in [1.82, 2.24) is 10.2 Å². The molecule has 1 atom stereocenters. The van der Waals surface area contributed by atoms with Gasteiger partial charge in [-0.15, -0.1) is 0 Å². The Hall–Kier alpha value is -0.0800. The van der Waals surface area contributed by atoms with Crippen LogP contribution in [0.2, 0.25) is 0 Å². The van der Waals surface area contributed by atoms with Gasteiger partial charge < -0.3 is 5.32 Å². The topological polar surface area (TPSA) is 15.3 Å². The van der Waals surface area contributed by atoms with E-state index in [0.29, 0.717) is 0 Å². The Bertz CT molecular complexity index is 175. The fourth-order valence-corrected chi connectivity index (χ4v) is 2.51. The summed E-state index contributed by atoms with van der Waals surface area (Å²) in [5.41, 5.74) is 0. The normalized spacial score (nSPS) is 31.5. The zero-order valence-electron chi connectivity index (χ0n) is 9.63. The number of hydrogen-bond acceptors (Lipinski definition) is 2. The highest BCUT2D eigenvalue weighted by atomic mass is 15.2. The van der Waals surface area contributed by atoms with Crippen LogP contribution in [0.1, 0.15) is 39.5 Å². The summed E-state index contributed by atoms with van der Waals surface area (Å²) in [6, 6.07) is 1.65. The first-order chi connectivity index (χ1) is 6.77. The van der Waals surface area contributed by atoms with Crippen molar-refractivity contribution in [2.75, 3.05) is 19.6 Å². The first-order valence-electron chi connectivity index (χ1n) is 6.25. The number of hydrogen-bond donors (Lipinski definition) is 1. The summed E-state index contributed by atoms with van der Waals surface area (Å²) in [6.07, 6.45) is 5.69. The van der Waals surface area contributed by atoms with Gasteiger partial charge in [-0.2, -0.15) is 0 Å². The van der Waals surface area contributed by atoms with Gasteiger partial charge >= 0.3 is 0 Å². The third-order valence-electron chi connectivity index (χ3n) is 3.86. The molecule has 1 N–H and O–H groups in total. The fourth-order valence-electron chi connectivity index (χ4n) is 2.51. The molecule has 1 unspecified atom stereocenters. The van der Waals surface area contributed by atoms with Gasteiger partial charge in [0, 0.05) is 18.6 Å². The molecule has 1 heterocycles. The molecule has 1 saturated heterocycles. The molecule has 14 heavy (non-hydrogen) atoms. The van der Waals surface area contributed by atoms with Gasteiger partial charge in [-0.1, -0.05) is 20.3 Å². The lowest BCUT2D eigenvalue weighted by atomic mass is 9.90. The van der Waals surface area contributed by atoms with Crippen LogP contribution in [0.5, 0.6) is 0 Å². The highest BCUT2D eigenvalue weighted by Crippen LogP contribution is 2.26. The monoisotopic (exact) mass is 196 g/mol. The quantitative estimate of drug-likeness (QED) is 0.725. The van der Waals surface area contributed by atoms with Crippen LogP contribution in [-0.4, -0.2) is 36.6 Å². The molecule has 1 aliphatic heterocycles. The summed E-state index contributed by atoms with van der Waals surface area (Å²) < 4.78 is 0. The zero-order chi connectivity index (χ0) is 9.97. The lowest BCUT2D eigenvalue weighted by Crippen LogP contribution is -2.47. The van der Waals surface area contributed by atoms with Crippen molar-refractivity contribution < 1.29 is 0 Å². The number of rotatable bonds is 2. The van der Waals surface area contributed by atoms with Gasteiger partial charge in [0.25, 0.3) is 0 Å². The molecule has 2 rings (SSSR count).